The number of aromatic hydroxyl groups is 1. The number of para-hydroxylation sites is 2. The standard InChI is InChI=1S/C18H15NO3S/c1-22-15-11-16(12-7-3-2-4-8-12)23-17(15)18(21)19-13-9-5-6-10-14(13)20/h2-11,20H,1H3,(H,19,21). The van der Waals surface area contributed by atoms with Crippen LogP contribution in [0.3, 0.4) is 0 Å². The predicted octanol–water partition coefficient (Wildman–Crippen LogP) is 4.38. The third-order valence-electron chi connectivity index (χ3n) is 3.33. The molecule has 3 rings (SSSR count). The van der Waals surface area contributed by atoms with Gasteiger partial charge in [-0.2, -0.15) is 0 Å². The van der Waals surface area contributed by atoms with Gasteiger partial charge in [0.2, 0.25) is 0 Å². The van der Waals surface area contributed by atoms with E-state index in [0.717, 1.165) is 10.4 Å². The molecular formula is C18H15NO3S. The van der Waals surface area contributed by atoms with Crippen molar-refractivity contribution in [2.75, 3.05) is 12.4 Å². The Morgan fingerprint density at radius 2 is 1.78 bits per heavy atom. The van der Waals surface area contributed by atoms with Gasteiger partial charge in [0.25, 0.3) is 5.91 Å². The average Bonchev–Trinajstić information content (AvgIpc) is 3.02. The molecule has 0 atom stereocenters. The Bertz CT molecular complexity index is 827. The fourth-order valence-electron chi connectivity index (χ4n) is 2.19. The summed E-state index contributed by atoms with van der Waals surface area (Å²) in [5.41, 5.74) is 1.40. The van der Waals surface area contributed by atoms with E-state index in [1.807, 2.05) is 36.4 Å². The maximum Gasteiger partial charge on any atom is 0.269 e. The van der Waals surface area contributed by atoms with E-state index in [2.05, 4.69) is 5.32 Å². The summed E-state index contributed by atoms with van der Waals surface area (Å²) in [6.45, 7) is 0. The third kappa shape index (κ3) is 3.19. The van der Waals surface area contributed by atoms with E-state index < -0.39 is 0 Å². The number of phenols is 1. The first-order valence-corrected chi connectivity index (χ1v) is 7.83. The molecule has 1 aromatic heterocycles. The van der Waals surface area contributed by atoms with E-state index in [1.54, 1.807) is 18.2 Å². The van der Waals surface area contributed by atoms with Gasteiger partial charge in [-0.3, -0.25) is 4.79 Å². The highest BCUT2D eigenvalue weighted by Crippen LogP contribution is 2.37. The Hall–Kier alpha value is -2.79. The molecule has 0 radical (unpaired) electrons. The second kappa shape index (κ2) is 6.54. The Morgan fingerprint density at radius 1 is 1.09 bits per heavy atom. The number of hydrogen-bond donors (Lipinski definition) is 2. The minimum absolute atomic E-state index is 0.0275. The quantitative estimate of drug-likeness (QED) is 0.700. The van der Waals surface area contributed by atoms with Crippen LogP contribution in [0, 0.1) is 0 Å². The minimum atomic E-state index is -0.310. The third-order valence-corrected chi connectivity index (χ3v) is 4.50. The average molecular weight is 325 g/mol. The van der Waals surface area contributed by atoms with Crippen molar-refractivity contribution in [3.8, 4) is 21.9 Å². The van der Waals surface area contributed by atoms with Gasteiger partial charge in [-0.25, -0.2) is 0 Å². The van der Waals surface area contributed by atoms with Crippen LogP contribution in [-0.2, 0) is 0 Å². The van der Waals surface area contributed by atoms with Crippen LogP contribution < -0.4 is 10.1 Å². The van der Waals surface area contributed by atoms with E-state index >= 15 is 0 Å². The van der Waals surface area contributed by atoms with Crippen LogP contribution in [0.2, 0.25) is 0 Å². The van der Waals surface area contributed by atoms with Gasteiger partial charge in [0.1, 0.15) is 16.4 Å². The maximum atomic E-state index is 12.5. The molecule has 23 heavy (non-hydrogen) atoms. The van der Waals surface area contributed by atoms with E-state index in [4.69, 9.17) is 4.74 Å². The molecule has 0 spiro atoms. The second-order valence-electron chi connectivity index (χ2n) is 4.85. The molecular weight excluding hydrogens is 310 g/mol. The molecule has 0 saturated heterocycles. The molecule has 1 amide bonds. The molecule has 0 fully saturated rings. The first kappa shape index (κ1) is 15.1. The fourth-order valence-corrected chi connectivity index (χ4v) is 3.21. The van der Waals surface area contributed by atoms with Crippen LogP contribution in [0.4, 0.5) is 5.69 Å². The second-order valence-corrected chi connectivity index (χ2v) is 5.90. The van der Waals surface area contributed by atoms with Gasteiger partial charge in [-0.1, -0.05) is 42.5 Å². The van der Waals surface area contributed by atoms with Gasteiger partial charge in [-0.15, -0.1) is 11.3 Å². The van der Waals surface area contributed by atoms with Crippen LogP contribution in [0.1, 0.15) is 9.67 Å². The largest absolute Gasteiger partial charge is 0.506 e. The van der Waals surface area contributed by atoms with Crippen LogP contribution in [0.15, 0.2) is 60.7 Å². The van der Waals surface area contributed by atoms with Crippen molar-refractivity contribution in [3.63, 3.8) is 0 Å². The van der Waals surface area contributed by atoms with Gasteiger partial charge in [0.15, 0.2) is 0 Å². The van der Waals surface area contributed by atoms with Crippen molar-refractivity contribution in [2.24, 2.45) is 0 Å². The summed E-state index contributed by atoms with van der Waals surface area (Å²) in [7, 11) is 1.54. The zero-order chi connectivity index (χ0) is 16.2. The summed E-state index contributed by atoms with van der Waals surface area (Å²) in [5, 5.41) is 12.5. The summed E-state index contributed by atoms with van der Waals surface area (Å²) < 4.78 is 5.32. The minimum Gasteiger partial charge on any atom is -0.506 e. The Balaban J connectivity index is 1.91. The van der Waals surface area contributed by atoms with E-state index in [0.29, 0.717) is 16.3 Å². The van der Waals surface area contributed by atoms with Crippen molar-refractivity contribution in [1.29, 1.82) is 0 Å². The summed E-state index contributed by atoms with van der Waals surface area (Å²) >= 11 is 1.35. The van der Waals surface area contributed by atoms with Crippen LogP contribution in [-0.4, -0.2) is 18.1 Å². The molecule has 116 valence electrons. The molecule has 5 heteroatoms. The Morgan fingerprint density at radius 3 is 2.48 bits per heavy atom. The predicted molar refractivity (Wildman–Crippen MR) is 92.4 cm³/mol. The van der Waals surface area contributed by atoms with Crippen molar-refractivity contribution < 1.29 is 14.6 Å². The van der Waals surface area contributed by atoms with Gasteiger partial charge in [0, 0.05) is 4.88 Å². The van der Waals surface area contributed by atoms with E-state index in [9.17, 15) is 9.90 Å². The highest BCUT2D eigenvalue weighted by atomic mass is 32.1. The number of phenolic OH excluding ortho intramolecular Hbond substituents is 1. The molecule has 3 aromatic rings. The smallest absolute Gasteiger partial charge is 0.269 e. The maximum absolute atomic E-state index is 12.5. The van der Waals surface area contributed by atoms with Crippen LogP contribution in [0.25, 0.3) is 10.4 Å². The molecule has 0 bridgehead atoms. The lowest BCUT2D eigenvalue weighted by molar-refractivity contribution is 0.102. The Kier molecular flexibility index (Phi) is 4.30. The number of carbonyl (C=O) groups excluding carboxylic acids is 1. The topological polar surface area (TPSA) is 58.6 Å². The van der Waals surface area contributed by atoms with Crippen molar-refractivity contribution in [1.82, 2.24) is 0 Å². The number of methoxy groups -OCH3 is 1. The first-order valence-electron chi connectivity index (χ1n) is 7.01. The monoisotopic (exact) mass is 325 g/mol. The first-order chi connectivity index (χ1) is 11.2. The van der Waals surface area contributed by atoms with Gasteiger partial charge >= 0.3 is 0 Å². The lowest BCUT2D eigenvalue weighted by Crippen LogP contribution is -2.11. The number of thiophene rings is 1. The zero-order valence-electron chi connectivity index (χ0n) is 12.4. The van der Waals surface area contributed by atoms with E-state index in [-0.39, 0.29) is 11.7 Å². The van der Waals surface area contributed by atoms with Gasteiger partial charge < -0.3 is 15.2 Å². The lowest BCUT2D eigenvalue weighted by Gasteiger charge is -2.06. The SMILES string of the molecule is COc1cc(-c2ccccc2)sc1C(=O)Nc1ccccc1O. The Labute approximate surface area is 138 Å². The van der Waals surface area contributed by atoms with Gasteiger partial charge in [-0.05, 0) is 23.8 Å². The summed E-state index contributed by atoms with van der Waals surface area (Å²) in [5.74, 6) is 0.233. The number of nitrogens with one attached hydrogen (secondary N) is 1. The molecule has 4 nitrogen and oxygen atoms in total. The highest BCUT2D eigenvalue weighted by molar-refractivity contribution is 7.17. The van der Waals surface area contributed by atoms with Crippen molar-refractivity contribution in [2.45, 2.75) is 0 Å². The summed E-state index contributed by atoms with van der Waals surface area (Å²) in [4.78, 5) is 13.9. The molecule has 2 aromatic carbocycles. The fraction of sp³-hybridized carbons (Fsp3) is 0.0556. The molecule has 0 saturated carbocycles. The number of amides is 1. The number of anilines is 1. The van der Waals surface area contributed by atoms with Crippen molar-refractivity contribution >= 4 is 22.9 Å². The number of rotatable bonds is 4. The molecule has 2 N–H and O–H groups in total. The summed E-state index contributed by atoms with van der Waals surface area (Å²) in [6, 6.07) is 18.3. The molecule has 0 unspecified atom stereocenters. The van der Waals surface area contributed by atoms with Crippen molar-refractivity contribution in [3.05, 3.63) is 65.5 Å². The van der Waals surface area contributed by atoms with Crippen LogP contribution >= 0.6 is 11.3 Å². The molecule has 0 aliphatic heterocycles. The lowest BCUT2D eigenvalue weighted by atomic mass is 10.2. The molecule has 0 aliphatic rings. The van der Waals surface area contributed by atoms with Crippen LogP contribution in [0.5, 0.6) is 11.5 Å². The number of benzene rings is 2. The number of hydrogen-bond acceptors (Lipinski definition) is 4. The molecule has 0 aliphatic carbocycles. The normalized spacial score (nSPS) is 10.3. The van der Waals surface area contributed by atoms with E-state index in [1.165, 1.54) is 24.5 Å². The number of carbonyl (C=O) groups is 1. The zero-order valence-corrected chi connectivity index (χ0v) is 13.3. The number of ether oxygens (including phenoxy) is 1. The molecule has 1 heterocycles. The summed E-state index contributed by atoms with van der Waals surface area (Å²) in [6.07, 6.45) is 0. The van der Waals surface area contributed by atoms with Gasteiger partial charge in [0.05, 0.1) is 12.8 Å². The highest BCUT2D eigenvalue weighted by Gasteiger charge is 2.18.